The van der Waals surface area contributed by atoms with Crippen molar-refractivity contribution in [2.45, 2.75) is 57.5 Å². The minimum absolute atomic E-state index is 0.117. The molecule has 1 aliphatic rings. The average Bonchev–Trinajstić information content (AvgIpc) is 2.41. The second-order valence-corrected chi connectivity index (χ2v) is 6.01. The van der Waals surface area contributed by atoms with Crippen molar-refractivity contribution >= 4 is 5.91 Å². The molecule has 1 aliphatic carbocycles. The molecule has 1 saturated carbocycles. The molecule has 0 spiro atoms. The summed E-state index contributed by atoms with van der Waals surface area (Å²) in [6.07, 6.45) is 7.55. The Morgan fingerprint density at radius 2 is 2.00 bits per heavy atom. The van der Waals surface area contributed by atoms with E-state index in [1.807, 2.05) is 0 Å². The Balaban J connectivity index is 2.35. The third-order valence-electron chi connectivity index (χ3n) is 4.31. The van der Waals surface area contributed by atoms with Crippen molar-refractivity contribution in [3.8, 4) is 0 Å². The highest BCUT2D eigenvalue weighted by Crippen LogP contribution is 2.36. The number of amides is 1. The first-order valence-electron chi connectivity index (χ1n) is 7.57. The van der Waals surface area contributed by atoms with Crippen LogP contribution in [0.5, 0.6) is 0 Å². The van der Waals surface area contributed by atoms with E-state index < -0.39 is 0 Å². The zero-order chi connectivity index (χ0) is 14.3. The van der Waals surface area contributed by atoms with Gasteiger partial charge in [-0.25, -0.2) is 0 Å². The summed E-state index contributed by atoms with van der Waals surface area (Å²) in [4.78, 5) is 13.1. The van der Waals surface area contributed by atoms with Gasteiger partial charge < -0.3 is 15.4 Å². The smallest absolute Gasteiger partial charge is 0.224 e. The van der Waals surface area contributed by atoms with Crippen LogP contribution in [0.3, 0.4) is 0 Å². The summed E-state index contributed by atoms with van der Waals surface area (Å²) in [5, 5.41) is 0. The van der Waals surface area contributed by atoms with Crippen molar-refractivity contribution in [2.24, 2.45) is 11.7 Å². The van der Waals surface area contributed by atoms with Crippen molar-refractivity contribution in [1.82, 2.24) is 4.90 Å². The molecule has 0 aliphatic heterocycles. The number of carbonyl (C=O) groups is 1. The molecule has 112 valence electrons. The first-order chi connectivity index (χ1) is 9.03. The Labute approximate surface area is 117 Å². The molecule has 0 aromatic carbocycles. The van der Waals surface area contributed by atoms with Gasteiger partial charge in [-0.1, -0.05) is 19.8 Å². The van der Waals surface area contributed by atoms with Gasteiger partial charge in [0.05, 0.1) is 18.6 Å². The maximum absolute atomic E-state index is 11.5. The molecule has 1 fully saturated rings. The number of ether oxygens (including phenoxy) is 1. The summed E-state index contributed by atoms with van der Waals surface area (Å²) >= 11 is 0. The summed E-state index contributed by atoms with van der Waals surface area (Å²) < 4.78 is 5.99. The van der Waals surface area contributed by atoms with Gasteiger partial charge in [-0.05, 0) is 31.6 Å². The maximum atomic E-state index is 11.5. The summed E-state index contributed by atoms with van der Waals surface area (Å²) in [6, 6.07) is 0. The van der Waals surface area contributed by atoms with Crippen LogP contribution < -0.4 is 5.73 Å². The second-order valence-electron chi connectivity index (χ2n) is 6.01. The average molecular weight is 270 g/mol. The van der Waals surface area contributed by atoms with Gasteiger partial charge in [0, 0.05) is 20.6 Å². The Bertz CT molecular complexity index is 271. The molecule has 0 saturated heterocycles. The van der Waals surface area contributed by atoms with Crippen LogP contribution in [0.15, 0.2) is 0 Å². The van der Waals surface area contributed by atoms with Crippen LogP contribution in [0.1, 0.15) is 51.9 Å². The van der Waals surface area contributed by atoms with Gasteiger partial charge in [0.15, 0.2) is 0 Å². The molecule has 0 aromatic rings. The third-order valence-corrected chi connectivity index (χ3v) is 4.31. The summed E-state index contributed by atoms with van der Waals surface area (Å²) in [7, 11) is 3.55. The van der Waals surface area contributed by atoms with Gasteiger partial charge >= 0.3 is 0 Å². The molecule has 2 N–H and O–H groups in total. The zero-order valence-corrected chi connectivity index (χ0v) is 12.8. The van der Waals surface area contributed by atoms with E-state index in [4.69, 9.17) is 10.5 Å². The van der Waals surface area contributed by atoms with Crippen LogP contribution in [0, 0.1) is 5.92 Å². The van der Waals surface area contributed by atoms with E-state index >= 15 is 0 Å². The Morgan fingerprint density at radius 1 is 1.37 bits per heavy atom. The van der Waals surface area contributed by atoms with E-state index in [0.29, 0.717) is 19.6 Å². The Hall–Kier alpha value is -0.610. The van der Waals surface area contributed by atoms with Crippen LogP contribution in [0.2, 0.25) is 0 Å². The van der Waals surface area contributed by atoms with Gasteiger partial charge in [0.2, 0.25) is 5.91 Å². The molecule has 1 amide bonds. The van der Waals surface area contributed by atoms with E-state index in [1.165, 1.54) is 25.7 Å². The topological polar surface area (TPSA) is 55.6 Å². The molecule has 1 rings (SSSR count). The molecule has 4 nitrogen and oxygen atoms in total. The minimum Gasteiger partial charge on any atom is -0.373 e. The zero-order valence-electron chi connectivity index (χ0n) is 12.8. The van der Waals surface area contributed by atoms with Crippen LogP contribution in [0.4, 0.5) is 0 Å². The maximum Gasteiger partial charge on any atom is 0.224 e. The lowest BCUT2D eigenvalue weighted by molar-refractivity contribution is -0.132. The lowest BCUT2D eigenvalue weighted by atomic mass is 9.77. The fourth-order valence-electron chi connectivity index (χ4n) is 2.89. The highest BCUT2D eigenvalue weighted by atomic mass is 16.5. The highest BCUT2D eigenvalue weighted by molar-refractivity contribution is 5.75. The monoisotopic (exact) mass is 270 g/mol. The molecule has 0 heterocycles. The second kappa shape index (κ2) is 7.85. The molecular formula is C15H30N2O2. The highest BCUT2D eigenvalue weighted by Gasteiger charge is 2.34. The SMILES string of the molecule is CCCC1CCC(CN)(OCCC(=O)N(C)C)CC1. The predicted molar refractivity (Wildman–Crippen MR) is 77.9 cm³/mol. The number of rotatable bonds is 7. The van der Waals surface area contributed by atoms with E-state index in [1.54, 1.807) is 19.0 Å². The van der Waals surface area contributed by atoms with E-state index in [2.05, 4.69) is 6.92 Å². The van der Waals surface area contributed by atoms with Crippen molar-refractivity contribution in [3.63, 3.8) is 0 Å². The largest absolute Gasteiger partial charge is 0.373 e. The van der Waals surface area contributed by atoms with Crippen molar-refractivity contribution in [3.05, 3.63) is 0 Å². The van der Waals surface area contributed by atoms with Gasteiger partial charge in [0.1, 0.15) is 0 Å². The number of hydrogen-bond acceptors (Lipinski definition) is 3. The molecule has 19 heavy (non-hydrogen) atoms. The standard InChI is InChI=1S/C15H30N2O2/c1-4-5-13-6-9-15(12-16,10-7-13)19-11-8-14(18)17(2)3/h13H,4-12,16H2,1-3H3. The number of hydrogen-bond donors (Lipinski definition) is 1. The molecule has 0 bridgehead atoms. The number of nitrogens with zero attached hydrogens (tertiary/aromatic N) is 1. The molecule has 0 aromatic heterocycles. The summed E-state index contributed by atoms with van der Waals surface area (Å²) in [6.45, 7) is 3.31. The molecule has 0 atom stereocenters. The summed E-state index contributed by atoms with van der Waals surface area (Å²) in [5.74, 6) is 0.962. The summed E-state index contributed by atoms with van der Waals surface area (Å²) in [5.41, 5.74) is 5.74. The van der Waals surface area contributed by atoms with Crippen molar-refractivity contribution < 1.29 is 9.53 Å². The van der Waals surface area contributed by atoms with Crippen LogP contribution in [-0.4, -0.2) is 43.7 Å². The van der Waals surface area contributed by atoms with E-state index in [0.717, 1.165) is 18.8 Å². The lowest BCUT2D eigenvalue weighted by Crippen LogP contribution is -2.44. The van der Waals surface area contributed by atoms with Gasteiger partial charge in [-0.15, -0.1) is 0 Å². The third kappa shape index (κ3) is 5.11. The Kier molecular flexibility index (Phi) is 6.80. The van der Waals surface area contributed by atoms with Crippen LogP contribution in [-0.2, 0) is 9.53 Å². The first-order valence-corrected chi connectivity index (χ1v) is 7.57. The fourth-order valence-corrected chi connectivity index (χ4v) is 2.89. The minimum atomic E-state index is -0.170. The fraction of sp³-hybridized carbons (Fsp3) is 0.933. The lowest BCUT2D eigenvalue weighted by Gasteiger charge is -2.39. The molecule has 4 heteroatoms. The van der Waals surface area contributed by atoms with Gasteiger partial charge in [0.25, 0.3) is 0 Å². The van der Waals surface area contributed by atoms with Gasteiger partial charge in [-0.3, -0.25) is 4.79 Å². The van der Waals surface area contributed by atoms with Crippen molar-refractivity contribution in [1.29, 1.82) is 0 Å². The first kappa shape index (κ1) is 16.4. The Morgan fingerprint density at radius 3 is 2.47 bits per heavy atom. The normalized spacial score (nSPS) is 27.3. The number of nitrogens with two attached hydrogens (primary N) is 1. The molecular weight excluding hydrogens is 240 g/mol. The molecule has 0 unspecified atom stereocenters. The van der Waals surface area contributed by atoms with E-state index in [9.17, 15) is 4.79 Å². The van der Waals surface area contributed by atoms with Crippen LogP contribution >= 0.6 is 0 Å². The van der Waals surface area contributed by atoms with Gasteiger partial charge in [-0.2, -0.15) is 0 Å². The molecule has 0 radical (unpaired) electrons. The van der Waals surface area contributed by atoms with Crippen molar-refractivity contribution in [2.75, 3.05) is 27.2 Å². The van der Waals surface area contributed by atoms with E-state index in [-0.39, 0.29) is 11.5 Å². The van der Waals surface area contributed by atoms with Crippen LogP contribution in [0.25, 0.3) is 0 Å². The quantitative estimate of drug-likeness (QED) is 0.771. The predicted octanol–water partition coefficient (Wildman–Crippen LogP) is 2.17. The number of carbonyl (C=O) groups excluding carboxylic acids is 1.